The Hall–Kier alpha value is -16.5. The molecule has 4 heterocycles. The molecule has 0 unspecified atom stereocenters. The van der Waals surface area contributed by atoms with Gasteiger partial charge in [-0.3, -0.25) is 0 Å². The van der Waals surface area contributed by atoms with Crippen molar-refractivity contribution in [3.8, 4) is 179 Å². The summed E-state index contributed by atoms with van der Waals surface area (Å²) in [6, 6.07) is 154. The van der Waals surface area contributed by atoms with Crippen molar-refractivity contribution in [2.45, 2.75) is 77.0 Å². The fourth-order valence-corrected chi connectivity index (χ4v) is 22.6. The van der Waals surface area contributed by atoms with Crippen LogP contribution in [0.3, 0.4) is 0 Å². The number of pyridine rings is 3. The molecule has 0 saturated carbocycles. The molecule has 0 saturated heterocycles. The van der Waals surface area contributed by atoms with Crippen LogP contribution >= 0.6 is 0 Å². The fourth-order valence-electron chi connectivity index (χ4n) is 22.6. The van der Waals surface area contributed by atoms with Crippen LogP contribution in [0.2, 0.25) is 0 Å². The maximum absolute atomic E-state index is 5.66. The van der Waals surface area contributed by atoms with Gasteiger partial charge >= 0.3 is 0 Å². The van der Waals surface area contributed by atoms with E-state index in [9.17, 15) is 0 Å². The third-order valence-electron chi connectivity index (χ3n) is 29.8. The summed E-state index contributed by atoms with van der Waals surface area (Å²) in [6.45, 7) is 18.9. The summed E-state index contributed by atoms with van der Waals surface area (Å²) in [4.78, 5) is 31.4. The molecule has 4 aliphatic rings. The second-order valence-electron chi connectivity index (χ2n) is 39.1. The van der Waals surface area contributed by atoms with E-state index >= 15 is 0 Å². The molecule has 6 nitrogen and oxygen atoms in total. The van der Waals surface area contributed by atoms with Crippen LogP contribution < -0.4 is 0 Å². The van der Waals surface area contributed by atoms with Gasteiger partial charge in [-0.1, -0.05) is 419 Å². The van der Waals surface area contributed by atoms with Gasteiger partial charge in [0.2, 0.25) is 0 Å². The molecule has 0 bridgehead atoms. The van der Waals surface area contributed by atoms with Crippen LogP contribution in [0.25, 0.3) is 223 Å². The molecule has 0 fully saturated rings. The van der Waals surface area contributed by atoms with E-state index in [0.29, 0.717) is 17.5 Å². The number of nitrogens with zero attached hydrogens (tertiary/aromatic N) is 6. The van der Waals surface area contributed by atoms with E-state index in [2.05, 4.69) is 419 Å². The van der Waals surface area contributed by atoms with Gasteiger partial charge in [0.15, 0.2) is 17.5 Å². The molecular formula is C130H94N6. The molecule has 4 aromatic heterocycles. The Morgan fingerprint density at radius 2 is 0.375 bits per heavy atom. The van der Waals surface area contributed by atoms with Crippen LogP contribution in [0.15, 0.2) is 425 Å². The number of rotatable bonds is 12. The molecule has 0 spiro atoms. The van der Waals surface area contributed by atoms with E-state index in [1.807, 2.05) is 60.7 Å². The Morgan fingerprint density at radius 3 is 0.721 bits per heavy atom. The van der Waals surface area contributed by atoms with Crippen molar-refractivity contribution in [1.29, 1.82) is 0 Å². The second kappa shape index (κ2) is 31.6. The first-order valence-corrected chi connectivity index (χ1v) is 47.3. The molecule has 0 amide bonds. The highest BCUT2D eigenvalue weighted by Crippen LogP contribution is 2.57. The number of benzene rings is 18. The van der Waals surface area contributed by atoms with Gasteiger partial charge in [-0.2, -0.15) is 0 Å². The van der Waals surface area contributed by atoms with Crippen LogP contribution in [0.5, 0.6) is 0 Å². The first-order valence-electron chi connectivity index (χ1n) is 47.3. The number of hydrogen-bond acceptors (Lipinski definition) is 6. The van der Waals surface area contributed by atoms with E-state index in [-0.39, 0.29) is 21.7 Å². The molecule has 0 atom stereocenters. The molecule has 136 heavy (non-hydrogen) atoms. The van der Waals surface area contributed by atoms with Crippen molar-refractivity contribution in [3.05, 3.63) is 469 Å². The van der Waals surface area contributed by atoms with Crippen LogP contribution in [-0.2, 0) is 21.7 Å². The fraction of sp³-hybridized carbons (Fsp3) is 0.0923. The number of hydrogen-bond donors (Lipinski definition) is 0. The Bertz CT molecular complexity index is 8050. The van der Waals surface area contributed by atoms with Crippen molar-refractivity contribution in [3.63, 3.8) is 0 Å². The molecule has 22 aromatic rings. The number of fused-ring (bicyclic) bond motifs is 18. The minimum Gasteiger partial charge on any atom is -0.248 e. The van der Waals surface area contributed by atoms with Crippen LogP contribution in [0.1, 0.15) is 99.9 Å². The molecule has 0 aliphatic heterocycles. The van der Waals surface area contributed by atoms with Crippen molar-refractivity contribution < 1.29 is 0 Å². The maximum Gasteiger partial charge on any atom is 0.164 e. The zero-order valence-corrected chi connectivity index (χ0v) is 77.1. The van der Waals surface area contributed by atoms with Gasteiger partial charge < -0.3 is 0 Å². The lowest BCUT2D eigenvalue weighted by Crippen LogP contribution is -2.15. The lowest BCUT2D eigenvalue weighted by molar-refractivity contribution is 0.660. The minimum atomic E-state index is -0.143. The third-order valence-corrected chi connectivity index (χ3v) is 29.8. The molecule has 6 heteroatoms. The largest absolute Gasteiger partial charge is 0.248 e. The Morgan fingerprint density at radius 1 is 0.132 bits per heavy atom. The maximum atomic E-state index is 5.66. The SMILES string of the molecule is CC1(C)c2ccccc2-c2ccc(-c3cc(-c4ccc5c(c4)C(C)(C)c4ccccc4-5)c4cc(-c5ccc(-c6cc(-c7ccccc7)nc(-c7ccccc7)c6)cc5)c5ccccc5c4n3)cc21.CC1(C)c2ccccc2-c2ccc(-c3cc(-c4ccc5c(c4)C(C)(C)c4ccccc4-5)c4cc(-c5ccc(-c6nc(-c7ccccc7)nc(-c7ccccc7)n6)cc5)c5ccccc5c4n3)cc21. The zero-order valence-electron chi connectivity index (χ0n) is 77.1. The average molecular weight is 1740 g/mol. The predicted octanol–water partition coefficient (Wildman–Crippen LogP) is 33.6. The Labute approximate surface area is 793 Å². The van der Waals surface area contributed by atoms with E-state index in [0.717, 1.165) is 128 Å². The van der Waals surface area contributed by atoms with Gasteiger partial charge in [-0.05, 0) is 216 Å². The van der Waals surface area contributed by atoms with Gasteiger partial charge in [-0.25, -0.2) is 29.9 Å². The summed E-state index contributed by atoms with van der Waals surface area (Å²) in [6.07, 6.45) is 0. The minimum absolute atomic E-state index is 0.120. The van der Waals surface area contributed by atoms with Crippen molar-refractivity contribution in [2.75, 3.05) is 0 Å². The molecule has 26 rings (SSSR count). The average Bonchev–Trinajstić information content (AvgIpc) is 1.68. The van der Waals surface area contributed by atoms with Crippen LogP contribution in [0, 0.1) is 0 Å². The summed E-state index contributed by atoms with van der Waals surface area (Å²) in [5, 5.41) is 6.85. The predicted molar refractivity (Wildman–Crippen MR) is 565 cm³/mol. The van der Waals surface area contributed by atoms with E-state index in [4.69, 9.17) is 29.9 Å². The molecular weight excluding hydrogens is 1650 g/mol. The Kier molecular flexibility index (Phi) is 18.9. The molecule has 0 radical (unpaired) electrons. The summed E-state index contributed by atoms with van der Waals surface area (Å²) in [5.74, 6) is 1.92. The normalized spacial score (nSPS) is 13.8. The van der Waals surface area contributed by atoms with Crippen molar-refractivity contribution >= 4 is 43.4 Å². The van der Waals surface area contributed by atoms with E-state index in [1.54, 1.807) is 0 Å². The van der Waals surface area contributed by atoms with E-state index < -0.39 is 0 Å². The van der Waals surface area contributed by atoms with Gasteiger partial charge in [0.25, 0.3) is 0 Å². The lowest BCUT2D eigenvalue weighted by Gasteiger charge is -2.23. The molecule has 4 aliphatic carbocycles. The van der Waals surface area contributed by atoms with Crippen LogP contribution in [0.4, 0.5) is 0 Å². The van der Waals surface area contributed by atoms with Crippen molar-refractivity contribution in [1.82, 2.24) is 29.9 Å². The molecule has 0 N–H and O–H groups in total. The quantitative estimate of drug-likeness (QED) is 0.113. The summed E-state index contributed by atoms with van der Waals surface area (Å²) in [7, 11) is 0. The van der Waals surface area contributed by atoms with Gasteiger partial charge in [-0.15, -0.1) is 0 Å². The van der Waals surface area contributed by atoms with Gasteiger partial charge in [0, 0.05) is 82.1 Å². The first kappa shape index (κ1) is 81.5. The van der Waals surface area contributed by atoms with E-state index in [1.165, 1.54) is 122 Å². The summed E-state index contributed by atoms with van der Waals surface area (Å²) in [5.41, 5.74) is 45.7. The highest BCUT2D eigenvalue weighted by atomic mass is 15.0. The molecule has 18 aromatic carbocycles. The van der Waals surface area contributed by atoms with Gasteiger partial charge in [0.1, 0.15) is 0 Å². The lowest BCUT2D eigenvalue weighted by atomic mass is 9.81. The highest BCUT2D eigenvalue weighted by molar-refractivity contribution is 6.18. The zero-order chi connectivity index (χ0) is 91.5. The Balaban J connectivity index is 0.000000145. The van der Waals surface area contributed by atoms with Gasteiger partial charge in [0.05, 0.1) is 33.8 Å². The number of aromatic nitrogens is 6. The second-order valence-corrected chi connectivity index (χ2v) is 39.1. The first-order chi connectivity index (χ1) is 66.4. The summed E-state index contributed by atoms with van der Waals surface area (Å²) >= 11 is 0. The third kappa shape index (κ3) is 13.3. The van der Waals surface area contributed by atoms with Crippen LogP contribution in [-0.4, -0.2) is 29.9 Å². The molecule has 644 valence electrons. The summed E-state index contributed by atoms with van der Waals surface area (Å²) < 4.78 is 0. The topological polar surface area (TPSA) is 77.3 Å². The standard InChI is InChI=1S/C66H48N2.C64H46N4/c1-65(2)57-25-15-13-22-49(57)51-33-31-45(35-59(51)65)55-40-63(46-32-34-52-50-23-14-16-26-58(50)66(3,4)60(52)36-46)68-64-53-24-12-11-21-48(53)54(39-56(55)64)42-29-27-41(28-30-42)47-37-61(43-17-7-5-8-18-43)67-62(38-47)44-19-9-6-10-20-44;1-63(2)54-25-15-13-22-46(54)48-33-31-43(35-56(48)63)52-38-58(44-32-34-49-47-23-14-16-26-55(47)64(3,4)57(49)36-44)65-59-50-24-12-11-21-45(50)51(37-53(52)59)39-27-29-42(30-28-39)62-67-60(40-17-7-5-8-18-40)66-61(68-62)41-19-9-6-10-20-41/h5-40H,1-4H3;5-38H,1-4H3. The monoisotopic (exact) mass is 1740 g/mol. The smallest absolute Gasteiger partial charge is 0.164 e. The van der Waals surface area contributed by atoms with Crippen molar-refractivity contribution in [2.24, 2.45) is 0 Å². The highest BCUT2D eigenvalue weighted by Gasteiger charge is 2.40.